The zero-order chi connectivity index (χ0) is 19.3. The van der Waals surface area contributed by atoms with Crippen molar-refractivity contribution in [3.63, 3.8) is 0 Å². The van der Waals surface area contributed by atoms with E-state index in [1.807, 2.05) is 0 Å². The lowest BCUT2D eigenvalue weighted by atomic mass is 10.1. The van der Waals surface area contributed by atoms with Crippen molar-refractivity contribution < 1.29 is 26.4 Å². The average Bonchev–Trinajstić information content (AvgIpc) is 3.28. The molecule has 0 spiro atoms. The van der Waals surface area contributed by atoms with Gasteiger partial charge in [0.25, 0.3) is 0 Å². The second-order valence-electron chi connectivity index (χ2n) is 6.56. The Hall–Kier alpha value is -1.26. The number of benzene rings is 1. The molecule has 1 saturated heterocycles. The normalized spacial score (nSPS) is 21.8. The molecular formula is C16H19F3N2O3S2. The summed E-state index contributed by atoms with van der Waals surface area (Å²) in [7, 11) is -2.57. The lowest BCUT2D eigenvalue weighted by Crippen LogP contribution is -2.48. The number of hydrogen-bond donors (Lipinski definition) is 0. The predicted molar refractivity (Wildman–Crippen MR) is 92.1 cm³/mol. The first-order valence-electron chi connectivity index (χ1n) is 8.07. The number of alkyl halides is 3. The van der Waals surface area contributed by atoms with Crippen LogP contribution in [0.1, 0.15) is 24.0 Å². The summed E-state index contributed by atoms with van der Waals surface area (Å²) in [6.07, 6.45) is -2.86. The maximum absolute atomic E-state index is 13.1. The molecule has 2 aliphatic rings. The number of amides is 1. The number of rotatable bonds is 4. The Labute approximate surface area is 154 Å². The molecule has 26 heavy (non-hydrogen) atoms. The molecule has 1 aliphatic carbocycles. The first-order valence-corrected chi connectivity index (χ1v) is 10.7. The lowest BCUT2D eigenvalue weighted by Gasteiger charge is -2.27. The Balaban J connectivity index is 1.93. The smallest absolute Gasteiger partial charge is 0.341 e. The molecule has 1 saturated carbocycles. The molecule has 1 aliphatic heterocycles. The predicted octanol–water partition coefficient (Wildman–Crippen LogP) is 2.70. The van der Waals surface area contributed by atoms with Crippen LogP contribution in [-0.2, 0) is 21.0 Å². The fraction of sp³-hybridized carbons (Fsp3) is 0.562. The summed E-state index contributed by atoms with van der Waals surface area (Å²) in [5.41, 5.74) is -1.03. The third-order valence-electron chi connectivity index (χ3n) is 4.69. The highest BCUT2D eigenvalue weighted by Crippen LogP contribution is 2.36. The number of carbonyl (C=O) groups excluding carboxylic acids is 1. The molecule has 144 valence electrons. The van der Waals surface area contributed by atoms with Gasteiger partial charge in [-0.2, -0.15) is 17.5 Å². The van der Waals surface area contributed by atoms with Gasteiger partial charge in [-0.1, -0.05) is 6.07 Å². The number of hydrogen-bond acceptors (Lipinski definition) is 4. The molecule has 10 heteroatoms. The van der Waals surface area contributed by atoms with Crippen molar-refractivity contribution >= 4 is 27.7 Å². The van der Waals surface area contributed by atoms with Crippen LogP contribution in [0.25, 0.3) is 0 Å². The molecule has 3 rings (SSSR count). The van der Waals surface area contributed by atoms with Crippen molar-refractivity contribution in [1.82, 2.24) is 9.21 Å². The van der Waals surface area contributed by atoms with Crippen LogP contribution in [0.4, 0.5) is 13.2 Å². The van der Waals surface area contributed by atoms with E-state index in [0.29, 0.717) is 11.8 Å². The Bertz CT molecular complexity index is 823. The molecule has 1 aromatic carbocycles. The molecule has 0 unspecified atom stereocenters. The van der Waals surface area contributed by atoms with E-state index in [9.17, 15) is 26.4 Å². The van der Waals surface area contributed by atoms with Gasteiger partial charge in [-0.3, -0.25) is 4.79 Å². The Morgan fingerprint density at radius 1 is 1.31 bits per heavy atom. The van der Waals surface area contributed by atoms with E-state index >= 15 is 0 Å². The number of sulfonamides is 1. The largest absolute Gasteiger partial charge is 0.416 e. The molecule has 1 amide bonds. The van der Waals surface area contributed by atoms with E-state index in [2.05, 4.69) is 0 Å². The number of thioether (sulfide) groups is 1. The van der Waals surface area contributed by atoms with Gasteiger partial charge in [0, 0.05) is 18.8 Å². The lowest BCUT2D eigenvalue weighted by molar-refractivity contribution is -0.138. The van der Waals surface area contributed by atoms with Crippen LogP contribution in [0.3, 0.4) is 0 Å². The van der Waals surface area contributed by atoms with Gasteiger partial charge in [-0.25, -0.2) is 8.42 Å². The van der Waals surface area contributed by atoms with Crippen LogP contribution < -0.4 is 0 Å². The molecule has 5 nitrogen and oxygen atoms in total. The molecular weight excluding hydrogens is 389 g/mol. The van der Waals surface area contributed by atoms with Crippen LogP contribution in [0.5, 0.6) is 0 Å². The number of nitrogens with zero attached hydrogens (tertiary/aromatic N) is 2. The zero-order valence-corrected chi connectivity index (χ0v) is 15.9. The van der Waals surface area contributed by atoms with E-state index < -0.39 is 32.7 Å². The molecule has 1 atom stereocenters. The van der Waals surface area contributed by atoms with Crippen molar-refractivity contribution in [3.8, 4) is 0 Å². The van der Waals surface area contributed by atoms with Gasteiger partial charge in [0.2, 0.25) is 15.9 Å². The molecule has 0 radical (unpaired) electrons. The number of aryl methyl sites for hydroxylation is 1. The Morgan fingerprint density at radius 3 is 2.54 bits per heavy atom. The van der Waals surface area contributed by atoms with Crippen LogP contribution >= 0.6 is 11.8 Å². The van der Waals surface area contributed by atoms with Crippen LogP contribution in [0.2, 0.25) is 0 Å². The summed E-state index contributed by atoms with van der Waals surface area (Å²) in [4.78, 5) is 13.7. The molecule has 0 aromatic heterocycles. The van der Waals surface area contributed by atoms with Crippen LogP contribution in [0, 0.1) is 6.92 Å². The molecule has 0 bridgehead atoms. The SMILES string of the molecule is Cc1ccc(S(=O)(=O)N2CSC[C@H]2C(=O)N(C)C2CC2)cc1C(F)(F)F. The monoisotopic (exact) mass is 408 g/mol. The van der Waals surface area contributed by atoms with E-state index in [1.165, 1.54) is 18.7 Å². The van der Waals surface area contributed by atoms with Crippen molar-refractivity contribution in [2.24, 2.45) is 0 Å². The standard InChI is InChI=1S/C16H19F3N2O3S2/c1-10-3-6-12(7-13(10)16(17,18)19)26(23,24)21-9-25-8-14(21)15(22)20(2)11-4-5-11/h3,6-7,11,14H,4-5,8-9H2,1-2H3/t14-/m0/s1. The second-order valence-corrected chi connectivity index (χ2v) is 9.45. The van der Waals surface area contributed by atoms with Gasteiger partial charge in [0.1, 0.15) is 6.04 Å². The van der Waals surface area contributed by atoms with Gasteiger partial charge in [0.05, 0.1) is 16.3 Å². The van der Waals surface area contributed by atoms with Gasteiger partial charge >= 0.3 is 6.18 Å². The summed E-state index contributed by atoms with van der Waals surface area (Å²) in [6, 6.07) is 2.21. The van der Waals surface area contributed by atoms with Crippen molar-refractivity contribution in [3.05, 3.63) is 29.3 Å². The van der Waals surface area contributed by atoms with E-state index in [-0.39, 0.29) is 23.4 Å². The Kier molecular flexibility index (Phi) is 5.04. The van der Waals surface area contributed by atoms with Crippen LogP contribution in [0.15, 0.2) is 23.1 Å². The molecule has 1 aromatic rings. The van der Waals surface area contributed by atoms with Crippen molar-refractivity contribution in [1.29, 1.82) is 0 Å². The number of halogens is 3. The fourth-order valence-electron chi connectivity index (χ4n) is 2.94. The summed E-state index contributed by atoms with van der Waals surface area (Å²) in [5.74, 6) is 0.0452. The minimum Gasteiger partial charge on any atom is -0.341 e. The quantitative estimate of drug-likeness (QED) is 0.769. The third kappa shape index (κ3) is 3.59. The highest BCUT2D eigenvalue weighted by atomic mass is 32.2. The summed E-state index contributed by atoms with van der Waals surface area (Å²) in [5, 5.41) is 0. The molecule has 2 fully saturated rings. The maximum atomic E-state index is 13.1. The van der Waals surface area contributed by atoms with Crippen molar-refractivity contribution in [2.75, 3.05) is 18.7 Å². The van der Waals surface area contributed by atoms with Crippen LogP contribution in [-0.4, -0.2) is 54.3 Å². The van der Waals surface area contributed by atoms with Gasteiger partial charge in [0.15, 0.2) is 0 Å². The summed E-state index contributed by atoms with van der Waals surface area (Å²) in [6.45, 7) is 1.28. The zero-order valence-electron chi connectivity index (χ0n) is 14.3. The van der Waals surface area contributed by atoms with Gasteiger partial charge in [-0.05, 0) is 37.5 Å². The second kappa shape index (κ2) is 6.72. The molecule has 0 N–H and O–H groups in total. The minimum atomic E-state index is -4.64. The van der Waals surface area contributed by atoms with E-state index in [1.54, 1.807) is 11.9 Å². The highest BCUT2D eigenvalue weighted by Gasteiger charge is 2.44. The number of carbonyl (C=O) groups is 1. The summed E-state index contributed by atoms with van der Waals surface area (Å²) < 4.78 is 66.2. The Morgan fingerprint density at radius 2 is 1.96 bits per heavy atom. The van der Waals surface area contributed by atoms with E-state index in [0.717, 1.165) is 29.3 Å². The third-order valence-corrected chi connectivity index (χ3v) is 7.72. The van der Waals surface area contributed by atoms with Gasteiger partial charge in [-0.15, -0.1) is 11.8 Å². The van der Waals surface area contributed by atoms with Gasteiger partial charge < -0.3 is 4.90 Å². The molecule has 1 heterocycles. The first kappa shape index (κ1) is 19.5. The average molecular weight is 408 g/mol. The van der Waals surface area contributed by atoms with Crippen molar-refractivity contribution in [2.45, 2.75) is 42.9 Å². The first-order chi connectivity index (χ1) is 12.0. The minimum absolute atomic E-state index is 0.0478. The highest BCUT2D eigenvalue weighted by molar-refractivity contribution is 8.00. The summed E-state index contributed by atoms with van der Waals surface area (Å²) >= 11 is 1.28. The van der Waals surface area contributed by atoms with E-state index in [4.69, 9.17) is 0 Å². The maximum Gasteiger partial charge on any atom is 0.416 e. The fourth-order valence-corrected chi connectivity index (χ4v) is 6.10. The topological polar surface area (TPSA) is 57.7 Å². The number of likely N-dealkylation sites (N-methyl/N-ethyl adjacent to an activating group) is 1.